The Labute approximate surface area is 121 Å². The average molecular weight is 289 g/mol. The van der Waals surface area contributed by atoms with Crippen molar-refractivity contribution in [1.29, 1.82) is 5.26 Å². The van der Waals surface area contributed by atoms with E-state index in [2.05, 4.69) is 0 Å². The van der Waals surface area contributed by atoms with Crippen LogP contribution in [0.1, 0.15) is 12.0 Å². The predicted octanol–water partition coefficient (Wildman–Crippen LogP) is 3.68. The van der Waals surface area contributed by atoms with Gasteiger partial charge in [0.05, 0.1) is 18.8 Å². The lowest BCUT2D eigenvalue weighted by atomic mass is 10.2. The summed E-state index contributed by atoms with van der Waals surface area (Å²) in [6, 6.07) is 12.1. The van der Waals surface area contributed by atoms with E-state index in [1.807, 2.05) is 6.07 Å². The normalized spacial score (nSPS) is 9.95. The van der Waals surface area contributed by atoms with Crippen LogP contribution in [-0.4, -0.2) is 13.2 Å². The van der Waals surface area contributed by atoms with Crippen molar-refractivity contribution in [2.45, 2.75) is 6.42 Å². The van der Waals surface area contributed by atoms with E-state index >= 15 is 0 Å². The summed E-state index contributed by atoms with van der Waals surface area (Å²) in [7, 11) is 0. The van der Waals surface area contributed by atoms with E-state index in [1.165, 1.54) is 6.07 Å². The lowest BCUT2D eigenvalue weighted by Crippen LogP contribution is -2.06. The Bertz CT molecular complexity index is 653. The third-order valence-electron chi connectivity index (χ3n) is 2.71. The van der Waals surface area contributed by atoms with Gasteiger partial charge < -0.3 is 9.47 Å². The number of benzene rings is 2. The van der Waals surface area contributed by atoms with Crippen LogP contribution in [0.15, 0.2) is 42.5 Å². The first-order valence-electron chi connectivity index (χ1n) is 6.40. The van der Waals surface area contributed by atoms with Crippen molar-refractivity contribution >= 4 is 0 Å². The van der Waals surface area contributed by atoms with Gasteiger partial charge in [0.15, 0.2) is 11.6 Å². The highest BCUT2D eigenvalue weighted by Crippen LogP contribution is 2.18. The van der Waals surface area contributed by atoms with Gasteiger partial charge in [-0.25, -0.2) is 8.78 Å². The van der Waals surface area contributed by atoms with Crippen LogP contribution >= 0.6 is 0 Å². The molecule has 3 nitrogen and oxygen atoms in total. The van der Waals surface area contributed by atoms with E-state index in [-0.39, 0.29) is 12.4 Å². The molecule has 0 aliphatic heterocycles. The molecule has 0 saturated carbocycles. The van der Waals surface area contributed by atoms with Crippen molar-refractivity contribution in [1.82, 2.24) is 0 Å². The molecule has 2 aromatic carbocycles. The molecule has 0 fully saturated rings. The molecule has 0 spiro atoms. The minimum atomic E-state index is -0.731. The number of hydrogen-bond acceptors (Lipinski definition) is 3. The van der Waals surface area contributed by atoms with Crippen LogP contribution in [0.4, 0.5) is 8.78 Å². The summed E-state index contributed by atoms with van der Waals surface area (Å²) in [5.74, 6) is -0.858. The van der Waals surface area contributed by atoms with Crippen LogP contribution in [0.5, 0.6) is 11.5 Å². The Kier molecular flexibility index (Phi) is 5.10. The smallest absolute Gasteiger partial charge is 0.167 e. The van der Waals surface area contributed by atoms with E-state index in [1.54, 1.807) is 24.3 Å². The van der Waals surface area contributed by atoms with Crippen molar-refractivity contribution in [2.24, 2.45) is 0 Å². The molecular weight excluding hydrogens is 276 g/mol. The first-order chi connectivity index (χ1) is 10.2. The molecule has 108 valence electrons. The van der Waals surface area contributed by atoms with Gasteiger partial charge in [0.25, 0.3) is 0 Å². The summed E-state index contributed by atoms with van der Waals surface area (Å²) in [4.78, 5) is 0. The Morgan fingerprint density at radius 3 is 2.38 bits per heavy atom. The molecule has 2 aromatic rings. The van der Waals surface area contributed by atoms with Crippen LogP contribution < -0.4 is 9.47 Å². The molecule has 5 heteroatoms. The Hall–Kier alpha value is -2.61. The van der Waals surface area contributed by atoms with Crippen LogP contribution in [0, 0.1) is 23.0 Å². The second kappa shape index (κ2) is 7.25. The van der Waals surface area contributed by atoms with Gasteiger partial charge in [-0.05, 0) is 24.3 Å². The van der Waals surface area contributed by atoms with Crippen molar-refractivity contribution in [3.63, 3.8) is 0 Å². The van der Waals surface area contributed by atoms with E-state index in [0.717, 1.165) is 12.1 Å². The number of nitrogens with zero attached hydrogens (tertiary/aromatic N) is 1. The molecular formula is C16H13F2NO2. The van der Waals surface area contributed by atoms with Crippen LogP contribution in [0.2, 0.25) is 0 Å². The molecule has 0 heterocycles. The largest absolute Gasteiger partial charge is 0.492 e. The van der Waals surface area contributed by atoms with E-state index < -0.39 is 11.6 Å². The Balaban J connectivity index is 1.76. The molecule has 0 bridgehead atoms. The molecule has 0 amide bonds. The SMILES string of the molecule is N#Cc1ccccc1OCCCOc1ccc(F)cc1F. The lowest BCUT2D eigenvalue weighted by molar-refractivity contribution is 0.240. The maximum absolute atomic E-state index is 13.3. The molecule has 0 aromatic heterocycles. The molecule has 0 radical (unpaired) electrons. The number of ether oxygens (including phenoxy) is 2. The van der Waals surface area contributed by atoms with Gasteiger partial charge in [-0.15, -0.1) is 0 Å². The molecule has 0 unspecified atom stereocenters. The maximum Gasteiger partial charge on any atom is 0.167 e. The zero-order valence-electron chi connectivity index (χ0n) is 11.2. The minimum absolute atomic E-state index is 0.00817. The van der Waals surface area contributed by atoms with Gasteiger partial charge in [-0.3, -0.25) is 0 Å². The van der Waals surface area contributed by atoms with Gasteiger partial charge in [-0.2, -0.15) is 5.26 Å². The van der Waals surface area contributed by atoms with Gasteiger partial charge in [0.2, 0.25) is 0 Å². The monoisotopic (exact) mass is 289 g/mol. The maximum atomic E-state index is 13.3. The molecule has 2 rings (SSSR count). The Morgan fingerprint density at radius 2 is 1.67 bits per heavy atom. The molecule has 21 heavy (non-hydrogen) atoms. The molecule has 0 aliphatic carbocycles. The third kappa shape index (κ3) is 4.18. The predicted molar refractivity (Wildman–Crippen MR) is 73.1 cm³/mol. The van der Waals surface area contributed by atoms with Crippen LogP contribution in [-0.2, 0) is 0 Å². The molecule has 0 aliphatic rings. The topological polar surface area (TPSA) is 42.2 Å². The number of para-hydroxylation sites is 1. The zero-order chi connectivity index (χ0) is 15.1. The van der Waals surface area contributed by atoms with Gasteiger partial charge in [0.1, 0.15) is 17.6 Å². The van der Waals surface area contributed by atoms with Crippen LogP contribution in [0.3, 0.4) is 0 Å². The summed E-state index contributed by atoms with van der Waals surface area (Å²) in [6.45, 7) is 0.568. The average Bonchev–Trinajstić information content (AvgIpc) is 2.49. The summed E-state index contributed by atoms with van der Waals surface area (Å²) in [6.07, 6.45) is 0.510. The van der Waals surface area contributed by atoms with E-state index in [9.17, 15) is 8.78 Å². The van der Waals surface area contributed by atoms with E-state index in [4.69, 9.17) is 14.7 Å². The summed E-state index contributed by atoms with van der Waals surface area (Å²) < 4.78 is 36.7. The number of nitriles is 1. The first-order valence-corrected chi connectivity index (χ1v) is 6.40. The first kappa shape index (κ1) is 14.8. The number of rotatable bonds is 6. The highest BCUT2D eigenvalue weighted by molar-refractivity contribution is 5.42. The van der Waals surface area contributed by atoms with Crippen molar-refractivity contribution in [3.05, 3.63) is 59.7 Å². The fourth-order valence-corrected chi connectivity index (χ4v) is 1.70. The lowest BCUT2D eigenvalue weighted by Gasteiger charge is -2.09. The third-order valence-corrected chi connectivity index (χ3v) is 2.71. The molecule has 0 atom stereocenters. The minimum Gasteiger partial charge on any atom is -0.492 e. The Morgan fingerprint density at radius 1 is 0.952 bits per heavy atom. The van der Waals surface area contributed by atoms with Gasteiger partial charge in [0, 0.05) is 12.5 Å². The molecule has 0 N–H and O–H groups in total. The number of hydrogen-bond donors (Lipinski definition) is 0. The van der Waals surface area contributed by atoms with E-state index in [0.29, 0.717) is 24.3 Å². The second-order valence-corrected chi connectivity index (χ2v) is 4.23. The summed E-state index contributed by atoms with van der Waals surface area (Å²) in [5.41, 5.74) is 0.461. The summed E-state index contributed by atoms with van der Waals surface area (Å²) in [5, 5.41) is 8.90. The zero-order valence-corrected chi connectivity index (χ0v) is 11.2. The quantitative estimate of drug-likeness (QED) is 0.762. The standard InChI is InChI=1S/C16H13F2NO2/c17-13-6-7-16(14(18)10-13)21-9-3-8-20-15-5-2-1-4-12(15)11-19/h1-2,4-7,10H,3,8-9H2. The van der Waals surface area contributed by atoms with Gasteiger partial charge in [-0.1, -0.05) is 12.1 Å². The molecule has 0 saturated heterocycles. The van der Waals surface area contributed by atoms with Crippen LogP contribution in [0.25, 0.3) is 0 Å². The van der Waals surface area contributed by atoms with Crippen molar-refractivity contribution in [3.8, 4) is 17.6 Å². The fraction of sp³-hybridized carbons (Fsp3) is 0.188. The highest BCUT2D eigenvalue weighted by atomic mass is 19.1. The van der Waals surface area contributed by atoms with Crippen molar-refractivity contribution in [2.75, 3.05) is 13.2 Å². The van der Waals surface area contributed by atoms with Crippen molar-refractivity contribution < 1.29 is 18.3 Å². The van der Waals surface area contributed by atoms with Gasteiger partial charge >= 0.3 is 0 Å². The summed E-state index contributed by atoms with van der Waals surface area (Å²) >= 11 is 0. The number of halogens is 2. The fourth-order valence-electron chi connectivity index (χ4n) is 1.70. The highest BCUT2D eigenvalue weighted by Gasteiger charge is 2.05. The second-order valence-electron chi connectivity index (χ2n) is 4.23.